The first kappa shape index (κ1) is 12.1. The summed E-state index contributed by atoms with van der Waals surface area (Å²) in [5, 5.41) is 0. The molecule has 0 aromatic rings. The van der Waals surface area contributed by atoms with Crippen molar-refractivity contribution in [3.63, 3.8) is 0 Å². The molecule has 0 saturated heterocycles. The maximum atomic E-state index is 13.3. The van der Waals surface area contributed by atoms with Crippen molar-refractivity contribution < 1.29 is 13.9 Å². The van der Waals surface area contributed by atoms with Gasteiger partial charge in [0.25, 0.3) is 0 Å². The predicted molar refractivity (Wildman–Crippen MR) is 49.9 cm³/mol. The molecule has 0 aromatic heterocycles. The van der Waals surface area contributed by atoms with Crippen molar-refractivity contribution in [1.82, 2.24) is 0 Å². The second-order valence-electron chi connectivity index (χ2n) is 3.91. The number of hydrogen-bond acceptors (Lipinski definition) is 2. The van der Waals surface area contributed by atoms with Gasteiger partial charge in [0.05, 0.1) is 6.61 Å². The van der Waals surface area contributed by atoms with Crippen LogP contribution in [0, 0.1) is 5.41 Å². The summed E-state index contributed by atoms with van der Waals surface area (Å²) in [5.74, 6) is -1.63. The van der Waals surface area contributed by atoms with Crippen molar-refractivity contribution in [3.8, 4) is 0 Å². The molecule has 76 valence electrons. The summed E-state index contributed by atoms with van der Waals surface area (Å²) in [7, 11) is 0. The molecule has 0 aromatic carbocycles. The summed E-state index contributed by atoms with van der Waals surface area (Å²) in [4.78, 5) is 11.0. The summed E-state index contributed by atoms with van der Waals surface area (Å²) >= 11 is 0. The van der Waals surface area contributed by atoms with Gasteiger partial charge in [-0.15, -0.1) is 0 Å². The van der Waals surface area contributed by atoms with E-state index in [1.54, 1.807) is 13.8 Å². The minimum atomic E-state index is -0.866. The third-order valence-electron chi connectivity index (χ3n) is 1.91. The normalized spacial score (nSPS) is 13.7. The van der Waals surface area contributed by atoms with Crippen LogP contribution in [0.5, 0.6) is 0 Å². The van der Waals surface area contributed by atoms with Crippen molar-refractivity contribution >= 4 is 5.97 Å². The van der Waals surface area contributed by atoms with E-state index >= 15 is 0 Å². The highest BCUT2D eigenvalue weighted by atomic mass is 19.1. The Bertz CT molecular complexity index is 224. The highest BCUT2D eigenvalue weighted by Crippen LogP contribution is 2.28. The van der Waals surface area contributed by atoms with Crippen molar-refractivity contribution in [2.75, 3.05) is 6.61 Å². The first-order valence-corrected chi connectivity index (χ1v) is 4.34. The molecule has 0 fully saturated rings. The topological polar surface area (TPSA) is 26.3 Å². The van der Waals surface area contributed by atoms with Crippen LogP contribution in [0.15, 0.2) is 11.4 Å². The molecule has 0 spiro atoms. The van der Waals surface area contributed by atoms with Gasteiger partial charge in [-0.25, -0.2) is 4.79 Å². The Balaban J connectivity index is 4.72. The van der Waals surface area contributed by atoms with Crippen LogP contribution in [0.4, 0.5) is 4.39 Å². The third-order valence-corrected chi connectivity index (χ3v) is 1.91. The fourth-order valence-corrected chi connectivity index (χ4v) is 0.677. The summed E-state index contributed by atoms with van der Waals surface area (Å²) in [6.45, 7) is 9.00. The molecule has 0 bridgehead atoms. The Kier molecular flexibility index (Phi) is 4.11. The Morgan fingerprint density at radius 1 is 1.38 bits per heavy atom. The van der Waals surface area contributed by atoms with Gasteiger partial charge in [-0.3, -0.25) is 0 Å². The van der Waals surface area contributed by atoms with E-state index in [2.05, 4.69) is 4.74 Å². The Hall–Kier alpha value is -0.860. The Morgan fingerprint density at radius 3 is 2.15 bits per heavy atom. The molecule has 0 radical (unpaired) electrons. The quantitative estimate of drug-likeness (QED) is 0.492. The number of carbonyl (C=O) groups is 1. The van der Waals surface area contributed by atoms with E-state index in [4.69, 9.17) is 0 Å². The van der Waals surface area contributed by atoms with Crippen molar-refractivity contribution in [1.29, 1.82) is 0 Å². The zero-order valence-electron chi connectivity index (χ0n) is 8.90. The van der Waals surface area contributed by atoms with Gasteiger partial charge >= 0.3 is 5.97 Å². The molecule has 0 rings (SSSR count). The standard InChI is InChI=1S/C10H17FO2/c1-6-13-9(12)8(11)7(2)10(3,4)5/h6H2,1-5H3/b8-7+. The molecule has 0 unspecified atom stereocenters. The van der Waals surface area contributed by atoms with Crippen molar-refractivity contribution in [2.24, 2.45) is 5.41 Å². The zero-order valence-corrected chi connectivity index (χ0v) is 8.90. The van der Waals surface area contributed by atoms with Gasteiger partial charge in [-0.05, 0) is 24.8 Å². The fourth-order valence-electron chi connectivity index (χ4n) is 0.677. The van der Waals surface area contributed by atoms with Gasteiger partial charge in [0.1, 0.15) is 0 Å². The number of ether oxygens (including phenoxy) is 1. The maximum Gasteiger partial charge on any atom is 0.367 e. The molecule has 0 aliphatic heterocycles. The number of rotatable bonds is 2. The summed E-state index contributed by atoms with van der Waals surface area (Å²) < 4.78 is 17.8. The molecule has 0 aliphatic rings. The van der Waals surface area contributed by atoms with Gasteiger partial charge in [0.2, 0.25) is 5.83 Å². The van der Waals surface area contributed by atoms with Crippen LogP contribution >= 0.6 is 0 Å². The lowest BCUT2D eigenvalue weighted by Gasteiger charge is -2.19. The number of esters is 1. The third kappa shape index (κ3) is 3.57. The van der Waals surface area contributed by atoms with E-state index in [-0.39, 0.29) is 12.0 Å². The summed E-state index contributed by atoms with van der Waals surface area (Å²) in [6.07, 6.45) is 0. The second kappa shape index (κ2) is 4.40. The van der Waals surface area contributed by atoms with Crippen LogP contribution < -0.4 is 0 Å². The molecule has 0 atom stereocenters. The second-order valence-corrected chi connectivity index (χ2v) is 3.91. The molecule has 0 aliphatic carbocycles. The van der Waals surface area contributed by atoms with E-state index in [0.717, 1.165) is 0 Å². The molecule has 13 heavy (non-hydrogen) atoms. The maximum absolute atomic E-state index is 13.3. The number of hydrogen-bond donors (Lipinski definition) is 0. The zero-order chi connectivity index (χ0) is 10.6. The van der Waals surface area contributed by atoms with Gasteiger partial charge in [0.15, 0.2) is 0 Å². The van der Waals surface area contributed by atoms with Crippen LogP contribution in [-0.2, 0) is 9.53 Å². The lowest BCUT2D eigenvalue weighted by molar-refractivity contribution is -0.140. The molecular formula is C10H17FO2. The lowest BCUT2D eigenvalue weighted by Crippen LogP contribution is -2.14. The van der Waals surface area contributed by atoms with Gasteiger partial charge in [-0.2, -0.15) is 4.39 Å². The lowest BCUT2D eigenvalue weighted by atomic mass is 9.87. The molecule has 2 nitrogen and oxygen atoms in total. The average Bonchev–Trinajstić information content (AvgIpc) is 2.00. The van der Waals surface area contributed by atoms with E-state index in [1.165, 1.54) is 0 Å². The highest BCUT2D eigenvalue weighted by Gasteiger charge is 2.22. The van der Waals surface area contributed by atoms with Crippen molar-refractivity contribution in [3.05, 3.63) is 11.4 Å². The van der Waals surface area contributed by atoms with Crippen LogP contribution in [0.2, 0.25) is 0 Å². The van der Waals surface area contributed by atoms with Crippen LogP contribution in [0.1, 0.15) is 34.6 Å². The molecule has 0 heterocycles. The van der Waals surface area contributed by atoms with Gasteiger partial charge in [0, 0.05) is 0 Å². The van der Waals surface area contributed by atoms with Crippen LogP contribution in [0.3, 0.4) is 0 Å². The Morgan fingerprint density at radius 2 is 1.85 bits per heavy atom. The molecular weight excluding hydrogens is 171 g/mol. The highest BCUT2D eigenvalue weighted by molar-refractivity contribution is 5.86. The fraction of sp³-hybridized carbons (Fsp3) is 0.700. The smallest absolute Gasteiger partial charge is 0.367 e. The largest absolute Gasteiger partial charge is 0.461 e. The summed E-state index contributed by atoms with van der Waals surface area (Å²) in [5.41, 5.74) is 0.0857. The predicted octanol–water partition coefficient (Wildman–Crippen LogP) is 2.84. The molecule has 0 N–H and O–H groups in total. The van der Waals surface area contributed by atoms with E-state index in [9.17, 15) is 9.18 Å². The van der Waals surface area contributed by atoms with Gasteiger partial charge in [-0.1, -0.05) is 20.8 Å². The van der Waals surface area contributed by atoms with E-state index in [0.29, 0.717) is 5.57 Å². The molecule has 0 amide bonds. The van der Waals surface area contributed by atoms with Crippen LogP contribution in [-0.4, -0.2) is 12.6 Å². The first-order valence-electron chi connectivity index (χ1n) is 4.34. The average molecular weight is 188 g/mol. The number of carbonyl (C=O) groups excluding carboxylic acids is 1. The number of halogens is 1. The van der Waals surface area contributed by atoms with Gasteiger partial charge < -0.3 is 4.74 Å². The summed E-state index contributed by atoms with van der Waals surface area (Å²) in [6, 6.07) is 0. The molecule has 0 saturated carbocycles. The first-order chi connectivity index (χ1) is 5.80. The molecule has 3 heteroatoms. The number of allylic oxidation sites excluding steroid dienone is 1. The minimum absolute atomic E-state index is 0.198. The van der Waals surface area contributed by atoms with Crippen molar-refractivity contribution in [2.45, 2.75) is 34.6 Å². The van der Waals surface area contributed by atoms with E-state index in [1.807, 2.05) is 20.8 Å². The Labute approximate surface area is 78.8 Å². The monoisotopic (exact) mass is 188 g/mol. The van der Waals surface area contributed by atoms with Crippen LogP contribution in [0.25, 0.3) is 0 Å². The van der Waals surface area contributed by atoms with E-state index < -0.39 is 11.8 Å². The minimum Gasteiger partial charge on any atom is -0.461 e. The SMILES string of the molecule is CCOC(=O)/C(F)=C(/C)C(C)(C)C.